The Labute approximate surface area is 126 Å². The van der Waals surface area contributed by atoms with Gasteiger partial charge in [-0.25, -0.2) is 8.42 Å². The van der Waals surface area contributed by atoms with Crippen molar-refractivity contribution in [3.05, 3.63) is 23.8 Å². The number of phenols is 1. The molecule has 0 radical (unpaired) electrons. The molecule has 118 valence electrons. The van der Waals surface area contributed by atoms with Crippen LogP contribution in [0.1, 0.15) is 12.5 Å². The second-order valence-electron chi connectivity index (χ2n) is 5.17. The number of aromatic hydroxyl groups is 1. The average Bonchev–Trinajstić information content (AvgIpc) is 2.42. The Kier molecular flexibility index (Phi) is 5.08. The first-order valence-electron chi connectivity index (χ1n) is 7.02. The molecular weight excluding hydrogens is 292 g/mol. The van der Waals surface area contributed by atoms with E-state index in [-0.39, 0.29) is 5.75 Å². The van der Waals surface area contributed by atoms with Gasteiger partial charge >= 0.3 is 0 Å². The summed E-state index contributed by atoms with van der Waals surface area (Å²) in [5.41, 5.74) is 1.05. The van der Waals surface area contributed by atoms with Gasteiger partial charge in [-0.1, -0.05) is 6.07 Å². The molecule has 1 N–H and O–H groups in total. The van der Waals surface area contributed by atoms with Crippen molar-refractivity contribution >= 4 is 10.0 Å². The van der Waals surface area contributed by atoms with Crippen LogP contribution in [-0.4, -0.2) is 61.8 Å². The van der Waals surface area contributed by atoms with Gasteiger partial charge in [0.15, 0.2) is 11.5 Å². The molecule has 0 bridgehead atoms. The molecule has 0 aromatic heterocycles. The SMILES string of the molecule is CCOc1cc(CN2CCN(S(C)(=O)=O)CC2)ccc1O. The summed E-state index contributed by atoms with van der Waals surface area (Å²) < 4.78 is 29.8. The Balaban J connectivity index is 1.96. The summed E-state index contributed by atoms with van der Waals surface area (Å²) in [4.78, 5) is 2.20. The van der Waals surface area contributed by atoms with Gasteiger partial charge in [0, 0.05) is 32.7 Å². The van der Waals surface area contributed by atoms with Gasteiger partial charge in [-0.05, 0) is 24.6 Å². The highest BCUT2D eigenvalue weighted by atomic mass is 32.2. The molecule has 2 rings (SSSR count). The highest BCUT2D eigenvalue weighted by Crippen LogP contribution is 2.27. The van der Waals surface area contributed by atoms with Gasteiger partial charge in [-0.3, -0.25) is 4.90 Å². The first-order chi connectivity index (χ1) is 9.90. The van der Waals surface area contributed by atoms with Gasteiger partial charge < -0.3 is 9.84 Å². The van der Waals surface area contributed by atoms with Crippen LogP contribution in [-0.2, 0) is 16.6 Å². The molecule has 0 amide bonds. The van der Waals surface area contributed by atoms with Crippen molar-refractivity contribution in [2.75, 3.05) is 39.0 Å². The van der Waals surface area contributed by atoms with E-state index in [4.69, 9.17) is 4.74 Å². The van der Waals surface area contributed by atoms with Crippen LogP contribution in [0.4, 0.5) is 0 Å². The minimum atomic E-state index is -3.09. The molecule has 1 aromatic rings. The number of sulfonamides is 1. The number of benzene rings is 1. The summed E-state index contributed by atoms with van der Waals surface area (Å²) in [5.74, 6) is 0.632. The molecule has 1 aliphatic rings. The molecule has 1 aliphatic heterocycles. The predicted octanol–water partition coefficient (Wildman–Crippen LogP) is 0.868. The fraction of sp³-hybridized carbons (Fsp3) is 0.571. The van der Waals surface area contributed by atoms with Crippen LogP contribution < -0.4 is 4.74 Å². The second kappa shape index (κ2) is 6.64. The van der Waals surface area contributed by atoms with Gasteiger partial charge in [-0.15, -0.1) is 0 Å². The molecule has 7 heteroatoms. The number of phenolic OH excluding ortho intramolecular Hbond substituents is 1. The van der Waals surface area contributed by atoms with E-state index in [2.05, 4.69) is 4.90 Å². The minimum absolute atomic E-state index is 0.141. The van der Waals surface area contributed by atoms with Gasteiger partial charge in [0.25, 0.3) is 0 Å². The maximum Gasteiger partial charge on any atom is 0.211 e. The van der Waals surface area contributed by atoms with E-state index in [1.807, 2.05) is 19.1 Å². The summed E-state index contributed by atoms with van der Waals surface area (Å²) in [6.07, 6.45) is 1.25. The maximum absolute atomic E-state index is 11.5. The molecule has 21 heavy (non-hydrogen) atoms. The van der Waals surface area contributed by atoms with Crippen LogP contribution in [0.3, 0.4) is 0 Å². The third kappa shape index (κ3) is 4.33. The quantitative estimate of drug-likeness (QED) is 0.873. The van der Waals surface area contributed by atoms with Crippen LogP contribution in [0.2, 0.25) is 0 Å². The van der Waals surface area contributed by atoms with E-state index in [1.165, 1.54) is 10.6 Å². The zero-order valence-corrected chi connectivity index (χ0v) is 13.3. The largest absolute Gasteiger partial charge is 0.504 e. The Morgan fingerprint density at radius 3 is 2.48 bits per heavy atom. The summed E-state index contributed by atoms with van der Waals surface area (Å²) in [7, 11) is -3.09. The van der Waals surface area contributed by atoms with Crippen LogP contribution in [0, 0.1) is 0 Å². The zero-order chi connectivity index (χ0) is 15.5. The molecule has 0 aliphatic carbocycles. The molecule has 0 unspecified atom stereocenters. The molecule has 0 spiro atoms. The maximum atomic E-state index is 11.5. The van der Waals surface area contributed by atoms with Crippen LogP contribution in [0.25, 0.3) is 0 Å². The fourth-order valence-electron chi connectivity index (χ4n) is 2.41. The van der Waals surface area contributed by atoms with E-state index in [0.29, 0.717) is 38.5 Å². The zero-order valence-electron chi connectivity index (χ0n) is 12.4. The number of rotatable bonds is 5. The number of nitrogens with zero attached hydrogens (tertiary/aromatic N) is 2. The second-order valence-corrected chi connectivity index (χ2v) is 7.16. The lowest BCUT2D eigenvalue weighted by Crippen LogP contribution is -2.47. The van der Waals surface area contributed by atoms with Crippen molar-refractivity contribution in [1.82, 2.24) is 9.21 Å². The van der Waals surface area contributed by atoms with Crippen LogP contribution >= 0.6 is 0 Å². The van der Waals surface area contributed by atoms with Crippen LogP contribution in [0.5, 0.6) is 11.5 Å². The fourth-order valence-corrected chi connectivity index (χ4v) is 3.23. The summed E-state index contributed by atoms with van der Waals surface area (Å²) in [6, 6.07) is 5.33. The standard InChI is InChI=1S/C14H22N2O4S/c1-3-20-14-10-12(4-5-13(14)17)11-15-6-8-16(9-7-15)21(2,18)19/h4-5,10,17H,3,6-9,11H2,1-2H3. The van der Waals surface area contributed by atoms with Crippen molar-refractivity contribution in [2.24, 2.45) is 0 Å². The molecule has 1 saturated heterocycles. The van der Waals surface area contributed by atoms with Crippen molar-refractivity contribution in [3.63, 3.8) is 0 Å². The summed E-state index contributed by atoms with van der Waals surface area (Å²) >= 11 is 0. The van der Waals surface area contributed by atoms with Gasteiger partial charge in [0.05, 0.1) is 12.9 Å². The highest BCUT2D eigenvalue weighted by molar-refractivity contribution is 7.88. The van der Waals surface area contributed by atoms with Crippen molar-refractivity contribution in [1.29, 1.82) is 0 Å². The molecular formula is C14H22N2O4S. The normalized spacial score (nSPS) is 17.8. The van der Waals surface area contributed by atoms with E-state index < -0.39 is 10.0 Å². The van der Waals surface area contributed by atoms with Crippen molar-refractivity contribution in [3.8, 4) is 11.5 Å². The number of piperazine rings is 1. The molecule has 1 fully saturated rings. The van der Waals surface area contributed by atoms with Crippen molar-refractivity contribution < 1.29 is 18.3 Å². The summed E-state index contributed by atoms with van der Waals surface area (Å²) in [5, 5.41) is 9.68. The van der Waals surface area contributed by atoms with E-state index >= 15 is 0 Å². The minimum Gasteiger partial charge on any atom is -0.504 e. The third-order valence-electron chi connectivity index (χ3n) is 3.53. The molecule has 6 nitrogen and oxygen atoms in total. The van der Waals surface area contributed by atoms with E-state index in [0.717, 1.165) is 12.1 Å². The number of ether oxygens (including phenoxy) is 1. The molecule has 1 heterocycles. The van der Waals surface area contributed by atoms with Gasteiger partial charge in [0.2, 0.25) is 10.0 Å². The molecule has 0 saturated carbocycles. The monoisotopic (exact) mass is 314 g/mol. The van der Waals surface area contributed by atoms with Gasteiger partial charge in [-0.2, -0.15) is 4.31 Å². The average molecular weight is 314 g/mol. The lowest BCUT2D eigenvalue weighted by molar-refractivity contribution is 0.182. The Hall–Kier alpha value is -1.31. The molecule has 0 atom stereocenters. The van der Waals surface area contributed by atoms with Crippen LogP contribution in [0.15, 0.2) is 18.2 Å². The summed E-state index contributed by atoms with van der Waals surface area (Å²) in [6.45, 7) is 5.55. The van der Waals surface area contributed by atoms with Crippen molar-refractivity contribution in [2.45, 2.75) is 13.5 Å². The topological polar surface area (TPSA) is 70.1 Å². The Bertz CT molecular complexity index is 581. The predicted molar refractivity (Wildman–Crippen MR) is 81.0 cm³/mol. The van der Waals surface area contributed by atoms with E-state index in [9.17, 15) is 13.5 Å². The highest BCUT2D eigenvalue weighted by Gasteiger charge is 2.23. The molecule has 1 aromatic carbocycles. The number of hydrogen-bond donors (Lipinski definition) is 1. The third-order valence-corrected chi connectivity index (χ3v) is 4.83. The Morgan fingerprint density at radius 1 is 1.24 bits per heavy atom. The number of hydrogen-bond acceptors (Lipinski definition) is 5. The first-order valence-corrected chi connectivity index (χ1v) is 8.87. The first kappa shape index (κ1) is 16.1. The smallest absolute Gasteiger partial charge is 0.211 e. The van der Waals surface area contributed by atoms with Gasteiger partial charge in [0.1, 0.15) is 0 Å². The lowest BCUT2D eigenvalue weighted by Gasteiger charge is -2.33. The van der Waals surface area contributed by atoms with E-state index in [1.54, 1.807) is 6.07 Å². The lowest BCUT2D eigenvalue weighted by atomic mass is 10.2. The Morgan fingerprint density at radius 2 is 1.90 bits per heavy atom.